The molecule has 4 aromatic rings. The van der Waals surface area contributed by atoms with Crippen LogP contribution in [0, 0.1) is 11.6 Å². The lowest BCUT2D eigenvalue weighted by Gasteiger charge is -2.16. The van der Waals surface area contributed by atoms with E-state index in [9.17, 15) is 27.1 Å². The largest absolute Gasteiger partial charge is 0.417 e. The number of hydrogen-bond donors (Lipinski definition) is 3. The number of alkyl halides is 3. The van der Waals surface area contributed by atoms with E-state index in [1.807, 2.05) is 0 Å². The van der Waals surface area contributed by atoms with Gasteiger partial charge < -0.3 is 10.4 Å². The van der Waals surface area contributed by atoms with Gasteiger partial charge in [0, 0.05) is 61.1 Å². The van der Waals surface area contributed by atoms with Crippen LogP contribution in [-0.4, -0.2) is 36.4 Å². The van der Waals surface area contributed by atoms with Crippen molar-refractivity contribution in [2.75, 3.05) is 11.9 Å². The molecule has 0 aliphatic heterocycles. The van der Waals surface area contributed by atoms with E-state index in [0.717, 1.165) is 24.4 Å². The number of benzene rings is 1. The second-order valence-corrected chi connectivity index (χ2v) is 7.68. The molecule has 1 atom stereocenters. The molecule has 0 aliphatic carbocycles. The van der Waals surface area contributed by atoms with E-state index >= 15 is 0 Å². The third-order valence-electron chi connectivity index (χ3n) is 5.06. The van der Waals surface area contributed by atoms with Crippen LogP contribution in [0.4, 0.5) is 27.8 Å². The van der Waals surface area contributed by atoms with Crippen LogP contribution in [0.25, 0.3) is 11.4 Å². The van der Waals surface area contributed by atoms with Gasteiger partial charge in [-0.1, -0.05) is 6.07 Å². The fourth-order valence-electron chi connectivity index (χ4n) is 3.25. The van der Waals surface area contributed by atoms with Crippen molar-refractivity contribution in [3.05, 3.63) is 89.6 Å². The Morgan fingerprint density at radius 3 is 2.61 bits per heavy atom. The highest BCUT2D eigenvalue weighted by molar-refractivity contribution is 5.58. The first-order valence-corrected chi connectivity index (χ1v) is 10.7. The Kier molecular flexibility index (Phi) is 7.50. The molecule has 0 spiro atoms. The van der Waals surface area contributed by atoms with E-state index in [1.165, 1.54) is 12.1 Å². The summed E-state index contributed by atoms with van der Waals surface area (Å²) in [4.78, 5) is 12.1. The molecule has 0 bridgehead atoms. The summed E-state index contributed by atoms with van der Waals surface area (Å²) in [6.45, 7) is 0.636. The smallest absolute Gasteiger partial charge is 0.373 e. The molecular weight excluding hydrogens is 485 g/mol. The molecule has 1 aromatic carbocycles. The van der Waals surface area contributed by atoms with Gasteiger partial charge in [-0.15, -0.1) is 0 Å². The van der Waals surface area contributed by atoms with E-state index in [2.05, 4.69) is 30.7 Å². The molecule has 0 fully saturated rings. The highest BCUT2D eigenvalue weighted by atomic mass is 19.4. The highest BCUT2D eigenvalue weighted by Crippen LogP contribution is 2.31. The maximum absolute atomic E-state index is 14.0. The standard InChI is InChI=1S/C23H20F5N7O/c24-17-3-2-14(18(25)9-17)12-31-20-10-19(22(36)30-5-7-35-6-1-4-32-35)33-21(34-20)15-8-16(13-29-11-15)23(26,27)28/h1-4,6,8-11,13,22,30,36H,5,7,12H2,(H,31,33,34). The molecule has 0 radical (unpaired) electrons. The molecule has 4 rings (SSSR count). The van der Waals surface area contributed by atoms with Gasteiger partial charge in [0.1, 0.15) is 23.7 Å². The van der Waals surface area contributed by atoms with E-state index < -0.39 is 29.6 Å². The first kappa shape index (κ1) is 25.1. The molecule has 1 unspecified atom stereocenters. The summed E-state index contributed by atoms with van der Waals surface area (Å²) in [5.41, 5.74) is -0.835. The third-order valence-corrected chi connectivity index (χ3v) is 5.06. The number of aliphatic hydroxyl groups excluding tert-OH is 1. The molecule has 0 saturated carbocycles. The Bertz CT molecular complexity index is 1310. The van der Waals surface area contributed by atoms with Gasteiger partial charge in [0.2, 0.25) is 0 Å². The van der Waals surface area contributed by atoms with Gasteiger partial charge in [-0.25, -0.2) is 18.7 Å². The topological polar surface area (TPSA) is 101 Å². The SMILES string of the molecule is OC(NCCn1cccn1)c1cc(NCc2ccc(F)cc2F)nc(-c2cncc(C(F)(F)F)c2)n1. The number of rotatable bonds is 9. The first-order valence-electron chi connectivity index (χ1n) is 10.7. The molecule has 3 aromatic heterocycles. The molecule has 0 saturated heterocycles. The van der Waals surface area contributed by atoms with Crippen molar-refractivity contribution in [1.29, 1.82) is 0 Å². The van der Waals surface area contributed by atoms with Crippen LogP contribution in [0.5, 0.6) is 0 Å². The van der Waals surface area contributed by atoms with Crippen molar-refractivity contribution in [3.63, 3.8) is 0 Å². The van der Waals surface area contributed by atoms with E-state index in [-0.39, 0.29) is 35.0 Å². The molecule has 0 aliphatic rings. The molecule has 0 amide bonds. The maximum atomic E-state index is 14.0. The van der Waals surface area contributed by atoms with Crippen molar-refractivity contribution in [2.45, 2.75) is 25.5 Å². The second-order valence-electron chi connectivity index (χ2n) is 7.68. The number of nitrogens with zero attached hydrogens (tertiary/aromatic N) is 5. The van der Waals surface area contributed by atoms with Gasteiger partial charge >= 0.3 is 6.18 Å². The minimum atomic E-state index is -4.63. The van der Waals surface area contributed by atoms with Crippen LogP contribution in [0.3, 0.4) is 0 Å². The molecule has 188 valence electrons. The number of anilines is 1. The average Bonchev–Trinajstić information content (AvgIpc) is 3.36. The monoisotopic (exact) mass is 505 g/mol. The average molecular weight is 505 g/mol. The van der Waals surface area contributed by atoms with E-state index in [0.29, 0.717) is 19.3 Å². The summed E-state index contributed by atoms with van der Waals surface area (Å²) >= 11 is 0. The number of halogens is 5. The minimum absolute atomic E-state index is 0.0357. The quantitative estimate of drug-likeness (QED) is 0.234. The van der Waals surface area contributed by atoms with Crippen molar-refractivity contribution in [1.82, 2.24) is 30.0 Å². The van der Waals surface area contributed by atoms with Gasteiger partial charge in [-0.05, 0) is 18.2 Å². The Hall–Kier alpha value is -3.97. The summed E-state index contributed by atoms with van der Waals surface area (Å²) in [5.74, 6) is -1.55. The molecule has 8 nitrogen and oxygen atoms in total. The summed E-state index contributed by atoms with van der Waals surface area (Å²) in [5, 5.41) is 20.4. The number of aliphatic hydroxyl groups is 1. The molecule has 13 heteroatoms. The maximum Gasteiger partial charge on any atom is 0.417 e. The zero-order valence-electron chi connectivity index (χ0n) is 18.5. The van der Waals surface area contributed by atoms with Crippen LogP contribution < -0.4 is 10.6 Å². The Morgan fingerprint density at radius 2 is 1.89 bits per heavy atom. The van der Waals surface area contributed by atoms with Crippen molar-refractivity contribution >= 4 is 5.82 Å². The van der Waals surface area contributed by atoms with Gasteiger partial charge in [0.05, 0.1) is 17.8 Å². The number of nitrogens with one attached hydrogen (secondary N) is 2. The zero-order chi connectivity index (χ0) is 25.7. The number of pyridine rings is 1. The minimum Gasteiger partial charge on any atom is -0.373 e. The third kappa shape index (κ3) is 6.37. The van der Waals surface area contributed by atoms with E-state index in [4.69, 9.17) is 0 Å². The van der Waals surface area contributed by atoms with Gasteiger partial charge in [0.25, 0.3) is 0 Å². The lowest BCUT2D eigenvalue weighted by molar-refractivity contribution is -0.137. The second kappa shape index (κ2) is 10.7. The molecule has 36 heavy (non-hydrogen) atoms. The summed E-state index contributed by atoms with van der Waals surface area (Å²) in [7, 11) is 0. The first-order chi connectivity index (χ1) is 17.2. The Balaban J connectivity index is 1.60. The molecule has 3 heterocycles. The molecular formula is C23H20F5N7O. The lowest BCUT2D eigenvalue weighted by atomic mass is 10.2. The zero-order valence-corrected chi connectivity index (χ0v) is 18.5. The van der Waals surface area contributed by atoms with Crippen LogP contribution in [0.15, 0.2) is 61.2 Å². The Labute approximate surface area is 201 Å². The van der Waals surface area contributed by atoms with Gasteiger partial charge in [-0.3, -0.25) is 15.0 Å². The summed E-state index contributed by atoms with van der Waals surface area (Å²) in [6.07, 6.45) is -0.740. The summed E-state index contributed by atoms with van der Waals surface area (Å²) in [6, 6.07) is 7.04. The lowest BCUT2D eigenvalue weighted by Crippen LogP contribution is -2.26. The highest BCUT2D eigenvalue weighted by Gasteiger charge is 2.31. The van der Waals surface area contributed by atoms with Crippen molar-refractivity contribution in [3.8, 4) is 11.4 Å². The fraction of sp³-hybridized carbons (Fsp3) is 0.217. The van der Waals surface area contributed by atoms with Crippen LogP contribution in [0.2, 0.25) is 0 Å². The van der Waals surface area contributed by atoms with Crippen LogP contribution in [-0.2, 0) is 19.3 Å². The number of hydrogen-bond acceptors (Lipinski definition) is 7. The predicted molar refractivity (Wildman–Crippen MR) is 119 cm³/mol. The summed E-state index contributed by atoms with van der Waals surface area (Å²) < 4.78 is 68.4. The normalized spacial score (nSPS) is 12.5. The van der Waals surface area contributed by atoms with E-state index in [1.54, 1.807) is 23.1 Å². The van der Waals surface area contributed by atoms with Gasteiger partial charge in [0.15, 0.2) is 5.82 Å². The van der Waals surface area contributed by atoms with Crippen molar-refractivity contribution < 1.29 is 27.1 Å². The van der Waals surface area contributed by atoms with Crippen LogP contribution >= 0.6 is 0 Å². The Morgan fingerprint density at radius 1 is 1.06 bits per heavy atom. The predicted octanol–water partition coefficient (Wildman–Crippen LogP) is 3.92. The fourth-order valence-corrected chi connectivity index (χ4v) is 3.25. The van der Waals surface area contributed by atoms with Crippen LogP contribution in [0.1, 0.15) is 23.0 Å². The number of aromatic nitrogens is 5. The van der Waals surface area contributed by atoms with Crippen molar-refractivity contribution in [2.24, 2.45) is 0 Å². The van der Waals surface area contributed by atoms with Gasteiger partial charge in [-0.2, -0.15) is 18.3 Å². The molecule has 3 N–H and O–H groups in total.